The summed E-state index contributed by atoms with van der Waals surface area (Å²) in [5.74, 6) is -0.642. The van der Waals surface area contributed by atoms with Crippen molar-refractivity contribution >= 4 is 5.97 Å². The Morgan fingerprint density at radius 3 is 1.26 bits per heavy atom. The number of hydrogen-bond acceptors (Lipinski definition) is 3. The van der Waals surface area contributed by atoms with Crippen LogP contribution in [0.25, 0.3) is 0 Å². The molecule has 0 aromatic rings. The summed E-state index contributed by atoms with van der Waals surface area (Å²) in [4.78, 5) is 14.3. The first-order valence-corrected chi connectivity index (χ1v) is 15.3. The van der Waals surface area contributed by atoms with E-state index in [-0.39, 0.29) is 6.04 Å². The van der Waals surface area contributed by atoms with Crippen LogP contribution in [0, 0.1) is 0 Å². The molecule has 0 aromatic heterocycles. The van der Waals surface area contributed by atoms with E-state index in [1.54, 1.807) is 0 Å². The van der Waals surface area contributed by atoms with Crippen molar-refractivity contribution < 1.29 is 9.90 Å². The van der Waals surface area contributed by atoms with Crippen molar-refractivity contribution in [2.24, 2.45) is 5.73 Å². The van der Waals surface area contributed by atoms with E-state index in [4.69, 9.17) is 5.73 Å². The van der Waals surface area contributed by atoms with Crippen LogP contribution >= 0.6 is 0 Å². The number of carboxylic acid groups (broad SMARTS) is 1. The van der Waals surface area contributed by atoms with Crippen LogP contribution in [0.5, 0.6) is 0 Å². The minimum Gasteiger partial charge on any atom is -0.480 e. The number of hydrogen-bond donors (Lipinski definition) is 2. The summed E-state index contributed by atoms with van der Waals surface area (Å²) < 4.78 is 0. The van der Waals surface area contributed by atoms with Crippen molar-refractivity contribution in [3.63, 3.8) is 0 Å². The molecular formula is C30H62N2O2. The maximum Gasteiger partial charge on any atom is 0.320 e. The Morgan fingerprint density at radius 2 is 0.941 bits per heavy atom. The molecule has 0 aliphatic carbocycles. The Morgan fingerprint density at radius 1 is 0.588 bits per heavy atom. The Balaban J connectivity index is 4.18. The number of carbonyl (C=O) groups is 1. The molecule has 0 heterocycles. The second-order valence-corrected chi connectivity index (χ2v) is 10.5. The minimum absolute atomic E-state index is 0.330. The van der Waals surface area contributed by atoms with Gasteiger partial charge in [-0.05, 0) is 45.3 Å². The second kappa shape index (κ2) is 27.0. The highest BCUT2D eigenvalue weighted by atomic mass is 16.4. The van der Waals surface area contributed by atoms with Crippen molar-refractivity contribution in [3.8, 4) is 0 Å². The summed E-state index contributed by atoms with van der Waals surface area (Å²) in [6.45, 7) is 7.07. The molecule has 0 amide bonds. The summed E-state index contributed by atoms with van der Waals surface area (Å²) in [6.07, 6.45) is 29.0. The molecule has 4 heteroatoms. The molecule has 0 aliphatic rings. The lowest BCUT2D eigenvalue weighted by atomic mass is 10.0. The maximum absolute atomic E-state index is 12.0. The fraction of sp³-hybridized carbons (Fsp3) is 0.967. The highest BCUT2D eigenvalue weighted by Gasteiger charge is 2.24. The van der Waals surface area contributed by atoms with Crippen molar-refractivity contribution in [2.45, 2.75) is 168 Å². The Labute approximate surface area is 213 Å². The van der Waals surface area contributed by atoms with Crippen LogP contribution in [0.2, 0.25) is 0 Å². The van der Waals surface area contributed by atoms with Gasteiger partial charge in [-0.15, -0.1) is 0 Å². The standard InChI is InChI=1S/C30H62N2O2/c1-3-5-7-9-11-13-15-17-19-23-27-32(29(30(33)34)25-21-22-26-31)28-24-20-18-16-14-12-10-8-6-4-2/h29H,3-28,31H2,1-2H3,(H,33,34)/t29-/m0/s1. The van der Waals surface area contributed by atoms with Crippen LogP contribution in [0.3, 0.4) is 0 Å². The van der Waals surface area contributed by atoms with Crippen LogP contribution in [-0.2, 0) is 4.79 Å². The molecule has 0 aliphatic heterocycles. The summed E-state index contributed by atoms with van der Waals surface area (Å²) in [7, 11) is 0. The number of aliphatic carboxylic acids is 1. The minimum atomic E-state index is -0.642. The normalized spacial score (nSPS) is 12.5. The maximum atomic E-state index is 12.0. The summed E-state index contributed by atoms with van der Waals surface area (Å²) in [5.41, 5.74) is 5.65. The summed E-state index contributed by atoms with van der Waals surface area (Å²) in [5, 5.41) is 9.89. The van der Waals surface area contributed by atoms with Gasteiger partial charge in [-0.1, -0.05) is 136 Å². The fourth-order valence-electron chi connectivity index (χ4n) is 4.97. The fourth-order valence-corrected chi connectivity index (χ4v) is 4.97. The summed E-state index contributed by atoms with van der Waals surface area (Å²) >= 11 is 0. The molecule has 0 spiro atoms. The number of nitrogens with two attached hydrogens (primary N) is 1. The van der Waals surface area contributed by atoms with E-state index in [0.29, 0.717) is 6.54 Å². The second-order valence-electron chi connectivity index (χ2n) is 10.5. The van der Waals surface area contributed by atoms with Crippen LogP contribution in [-0.4, -0.2) is 41.7 Å². The zero-order chi connectivity index (χ0) is 25.1. The molecule has 4 nitrogen and oxygen atoms in total. The lowest BCUT2D eigenvalue weighted by Crippen LogP contribution is -2.42. The van der Waals surface area contributed by atoms with E-state index >= 15 is 0 Å². The van der Waals surface area contributed by atoms with Gasteiger partial charge in [0.05, 0.1) is 0 Å². The number of unbranched alkanes of at least 4 members (excludes halogenated alkanes) is 19. The predicted molar refractivity (Wildman–Crippen MR) is 150 cm³/mol. The quantitative estimate of drug-likeness (QED) is 0.109. The third-order valence-electron chi connectivity index (χ3n) is 7.26. The third kappa shape index (κ3) is 21.9. The zero-order valence-electron chi connectivity index (χ0n) is 23.3. The van der Waals surface area contributed by atoms with Gasteiger partial charge < -0.3 is 10.8 Å². The molecule has 0 bridgehead atoms. The SMILES string of the molecule is CCCCCCCCCCCCN(CCCCCCCCCCCC)[C@@H](CCCCN)C(=O)O. The third-order valence-corrected chi connectivity index (χ3v) is 7.26. The van der Waals surface area contributed by atoms with Gasteiger partial charge in [-0.3, -0.25) is 9.69 Å². The molecule has 0 radical (unpaired) electrons. The molecule has 1 atom stereocenters. The van der Waals surface area contributed by atoms with Crippen molar-refractivity contribution in [2.75, 3.05) is 19.6 Å². The van der Waals surface area contributed by atoms with Gasteiger partial charge in [0.15, 0.2) is 0 Å². The van der Waals surface area contributed by atoms with E-state index in [1.165, 1.54) is 116 Å². The van der Waals surface area contributed by atoms with Gasteiger partial charge in [0, 0.05) is 0 Å². The van der Waals surface area contributed by atoms with Crippen LogP contribution in [0.4, 0.5) is 0 Å². The first-order chi connectivity index (χ1) is 16.7. The van der Waals surface area contributed by atoms with Gasteiger partial charge in [0.25, 0.3) is 0 Å². The molecule has 0 unspecified atom stereocenters. The lowest BCUT2D eigenvalue weighted by molar-refractivity contribution is -0.143. The monoisotopic (exact) mass is 482 g/mol. The number of carboxylic acids is 1. The molecule has 0 saturated carbocycles. The van der Waals surface area contributed by atoms with Crippen LogP contribution in [0.15, 0.2) is 0 Å². The van der Waals surface area contributed by atoms with E-state index in [9.17, 15) is 9.90 Å². The molecule has 0 saturated heterocycles. The topological polar surface area (TPSA) is 66.6 Å². The Kier molecular flexibility index (Phi) is 26.5. The molecule has 0 fully saturated rings. The van der Waals surface area contributed by atoms with E-state index in [2.05, 4.69) is 18.7 Å². The molecule has 204 valence electrons. The van der Waals surface area contributed by atoms with Crippen LogP contribution < -0.4 is 5.73 Å². The van der Waals surface area contributed by atoms with Crippen molar-refractivity contribution in [1.82, 2.24) is 4.90 Å². The van der Waals surface area contributed by atoms with Gasteiger partial charge in [0.2, 0.25) is 0 Å². The lowest BCUT2D eigenvalue weighted by Gasteiger charge is -2.29. The van der Waals surface area contributed by atoms with Crippen molar-refractivity contribution in [1.29, 1.82) is 0 Å². The number of rotatable bonds is 28. The highest BCUT2D eigenvalue weighted by molar-refractivity contribution is 5.73. The first-order valence-electron chi connectivity index (χ1n) is 15.3. The smallest absolute Gasteiger partial charge is 0.320 e. The Bertz CT molecular complexity index is 393. The number of nitrogens with zero attached hydrogens (tertiary/aromatic N) is 1. The largest absolute Gasteiger partial charge is 0.480 e. The van der Waals surface area contributed by atoms with Gasteiger partial charge in [-0.2, -0.15) is 0 Å². The molecular weight excluding hydrogens is 420 g/mol. The molecule has 34 heavy (non-hydrogen) atoms. The van der Waals surface area contributed by atoms with Gasteiger partial charge in [-0.25, -0.2) is 0 Å². The average Bonchev–Trinajstić information content (AvgIpc) is 2.83. The van der Waals surface area contributed by atoms with E-state index in [0.717, 1.165) is 45.2 Å². The molecule has 0 aromatic carbocycles. The molecule has 0 rings (SSSR count). The summed E-state index contributed by atoms with van der Waals surface area (Å²) in [6, 6.07) is -0.330. The highest BCUT2D eigenvalue weighted by Crippen LogP contribution is 2.16. The first kappa shape index (κ1) is 33.4. The van der Waals surface area contributed by atoms with E-state index < -0.39 is 5.97 Å². The average molecular weight is 483 g/mol. The zero-order valence-corrected chi connectivity index (χ0v) is 23.3. The van der Waals surface area contributed by atoms with Crippen molar-refractivity contribution in [3.05, 3.63) is 0 Å². The van der Waals surface area contributed by atoms with Gasteiger partial charge >= 0.3 is 5.97 Å². The van der Waals surface area contributed by atoms with E-state index in [1.807, 2.05) is 0 Å². The van der Waals surface area contributed by atoms with Gasteiger partial charge in [0.1, 0.15) is 6.04 Å². The molecule has 3 N–H and O–H groups in total. The predicted octanol–water partition coefficient (Wildman–Crippen LogP) is 8.71. The Hall–Kier alpha value is -0.610. The van der Waals surface area contributed by atoms with Crippen LogP contribution in [0.1, 0.15) is 162 Å².